The monoisotopic (exact) mass is 183 g/mol. The van der Waals surface area contributed by atoms with Gasteiger partial charge in [0, 0.05) is 6.61 Å². The molecule has 3 atom stereocenters. The molecule has 2 rings (SSSR count). The molecule has 0 aromatic rings. The fraction of sp³-hybridized carbons (Fsp3) is 1.00. The lowest BCUT2D eigenvalue weighted by atomic mass is 9.83. The first-order valence-electron chi connectivity index (χ1n) is 5.72. The Morgan fingerprint density at radius 1 is 1.31 bits per heavy atom. The highest BCUT2D eigenvalue weighted by Crippen LogP contribution is 2.31. The minimum Gasteiger partial charge on any atom is -0.378 e. The van der Waals surface area contributed by atoms with Gasteiger partial charge < -0.3 is 10.1 Å². The Bertz CT molecular complexity index is 154. The number of rotatable bonds is 2. The Morgan fingerprint density at radius 2 is 2.23 bits per heavy atom. The van der Waals surface area contributed by atoms with Crippen LogP contribution in [0.15, 0.2) is 0 Å². The highest BCUT2D eigenvalue weighted by atomic mass is 16.5. The topological polar surface area (TPSA) is 21.3 Å². The lowest BCUT2D eigenvalue weighted by molar-refractivity contribution is -0.0218. The van der Waals surface area contributed by atoms with Gasteiger partial charge in [0.1, 0.15) is 0 Å². The molecule has 0 aliphatic carbocycles. The van der Waals surface area contributed by atoms with Crippen molar-refractivity contribution in [3.05, 3.63) is 0 Å². The van der Waals surface area contributed by atoms with Crippen molar-refractivity contribution in [3.8, 4) is 0 Å². The fourth-order valence-corrected chi connectivity index (χ4v) is 2.70. The van der Waals surface area contributed by atoms with Crippen LogP contribution in [0.1, 0.15) is 32.6 Å². The molecule has 76 valence electrons. The predicted octanol–water partition coefficient (Wildman–Crippen LogP) is 1.80. The van der Waals surface area contributed by atoms with Gasteiger partial charge in [0.15, 0.2) is 0 Å². The van der Waals surface area contributed by atoms with E-state index in [-0.39, 0.29) is 0 Å². The number of nitrogens with one attached hydrogen (secondary N) is 1. The highest BCUT2D eigenvalue weighted by Gasteiger charge is 2.29. The molecule has 3 unspecified atom stereocenters. The van der Waals surface area contributed by atoms with Crippen molar-refractivity contribution >= 4 is 0 Å². The number of hydrogen-bond donors (Lipinski definition) is 1. The van der Waals surface area contributed by atoms with E-state index >= 15 is 0 Å². The molecule has 2 nitrogen and oxygen atoms in total. The third-order valence-electron chi connectivity index (χ3n) is 3.63. The molecule has 2 heteroatoms. The van der Waals surface area contributed by atoms with Gasteiger partial charge in [0.25, 0.3) is 0 Å². The zero-order chi connectivity index (χ0) is 9.10. The van der Waals surface area contributed by atoms with Crippen molar-refractivity contribution in [3.63, 3.8) is 0 Å². The summed E-state index contributed by atoms with van der Waals surface area (Å²) >= 11 is 0. The van der Waals surface area contributed by atoms with Crippen LogP contribution in [0.3, 0.4) is 0 Å². The highest BCUT2D eigenvalue weighted by molar-refractivity contribution is 4.82. The van der Waals surface area contributed by atoms with E-state index in [1.54, 1.807) is 0 Å². The van der Waals surface area contributed by atoms with Crippen LogP contribution in [0.2, 0.25) is 0 Å². The van der Waals surface area contributed by atoms with Gasteiger partial charge in [-0.3, -0.25) is 0 Å². The van der Waals surface area contributed by atoms with Gasteiger partial charge in [0.2, 0.25) is 0 Å². The molecule has 13 heavy (non-hydrogen) atoms. The third-order valence-corrected chi connectivity index (χ3v) is 3.63. The fourth-order valence-electron chi connectivity index (χ4n) is 2.70. The van der Waals surface area contributed by atoms with Gasteiger partial charge in [-0.1, -0.05) is 6.92 Å². The van der Waals surface area contributed by atoms with Gasteiger partial charge in [-0.25, -0.2) is 0 Å². The maximum atomic E-state index is 5.70. The van der Waals surface area contributed by atoms with E-state index in [9.17, 15) is 0 Å². The second-order valence-electron chi connectivity index (χ2n) is 4.44. The summed E-state index contributed by atoms with van der Waals surface area (Å²) in [6, 6.07) is 0. The summed E-state index contributed by atoms with van der Waals surface area (Å²) < 4.78 is 5.70. The molecule has 0 aromatic carbocycles. The zero-order valence-electron chi connectivity index (χ0n) is 8.59. The lowest BCUT2D eigenvalue weighted by Gasteiger charge is -2.32. The van der Waals surface area contributed by atoms with Gasteiger partial charge >= 0.3 is 0 Å². The van der Waals surface area contributed by atoms with Gasteiger partial charge in [-0.05, 0) is 50.6 Å². The van der Waals surface area contributed by atoms with Crippen LogP contribution in [-0.4, -0.2) is 25.8 Å². The molecule has 2 saturated heterocycles. The largest absolute Gasteiger partial charge is 0.378 e. The lowest BCUT2D eigenvalue weighted by Crippen LogP contribution is -2.30. The Morgan fingerprint density at radius 3 is 2.92 bits per heavy atom. The third kappa shape index (κ3) is 2.23. The van der Waals surface area contributed by atoms with Crippen molar-refractivity contribution in [2.75, 3.05) is 19.7 Å². The second kappa shape index (κ2) is 4.43. The van der Waals surface area contributed by atoms with Crippen molar-refractivity contribution in [2.45, 2.75) is 38.7 Å². The number of hydrogen-bond acceptors (Lipinski definition) is 2. The van der Waals surface area contributed by atoms with Gasteiger partial charge in [-0.2, -0.15) is 0 Å². The molecule has 2 aliphatic rings. The summed E-state index contributed by atoms with van der Waals surface area (Å²) in [4.78, 5) is 0. The molecule has 0 saturated carbocycles. The van der Waals surface area contributed by atoms with Crippen LogP contribution in [0, 0.1) is 11.8 Å². The van der Waals surface area contributed by atoms with Crippen molar-refractivity contribution in [1.82, 2.24) is 5.32 Å². The first kappa shape index (κ1) is 9.47. The van der Waals surface area contributed by atoms with Crippen LogP contribution in [0.4, 0.5) is 0 Å². The molecule has 0 radical (unpaired) electrons. The van der Waals surface area contributed by atoms with Gasteiger partial charge in [0.05, 0.1) is 6.10 Å². The molecule has 2 fully saturated rings. The quantitative estimate of drug-likeness (QED) is 0.705. The summed E-state index contributed by atoms with van der Waals surface area (Å²) in [7, 11) is 0. The molecule has 0 spiro atoms. The molecule has 0 bridgehead atoms. The Kier molecular flexibility index (Phi) is 3.23. The van der Waals surface area contributed by atoms with Crippen LogP contribution >= 0.6 is 0 Å². The Labute approximate surface area is 81.0 Å². The van der Waals surface area contributed by atoms with E-state index < -0.39 is 0 Å². The normalized spacial score (nSPS) is 40.8. The van der Waals surface area contributed by atoms with E-state index in [0.717, 1.165) is 18.4 Å². The number of ether oxygens (including phenoxy) is 1. The first-order chi connectivity index (χ1) is 6.40. The van der Waals surface area contributed by atoms with E-state index in [1.165, 1.54) is 38.8 Å². The summed E-state index contributed by atoms with van der Waals surface area (Å²) in [5, 5.41) is 3.46. The predicted molar refractivity (Wildman–Crippen MR) is 53.7 cm³/mol. The molecule has 2 heterocycles. The summed E-state index contributed by atoms with van der Waals surface area (Å²) in [6.07, 6.45) is 5.74. The Balaban J connectivity index is 1.84. The molecular weight excluding hydrogens is 162 g/mol. The van der Waals surface area contributed by atoms with Crippen molar-refractivity contribution < 1.29 is 4.74 Å². The maximum absolute atomic E-state index is 5.70. The SMILES string of the molecule is CCC1CC(C2CCNC2)CCO1. The first-order valence-corrected chi connectivity index (χ1v) is 5.72. The molecule has 1 N–H and O–H groups in total. The van der Waals surface area contributed by atoms with Crippen LogP contribution in [0.5, 0.6) is 0 Å². The van der Waals surface area contributed by atoms with Crippen LogP contribution in [-0.2, 0) is 4.74 Å². The van der Waals surface area contributed by atoms with Crippen molar-refractivity contribution in [2.24, 2.45) is 11.8 Å². The standard InChI is InChI=1S/C11H21NO/c1-2-11-7-9(4-6-13-11)10-3-5-12-8-10/h9-12H,2-8H2,1H3. The van der Waals surface area contributed by atoms with Crippen LogP contribution in [0.25, 0.3) is 0 Å². The van der Waals surface area contributed by atoms with E-state index in [4.69, 9.17) is 4.74 Å². The molecular formula is C11H21NO. The molecule has 0 amide bonds. The minimum absolute atomic E-state index is 0.555. The molecule has 0 aromatic heterocycles. The van der Waals surface area contributed by atoms with Crippen LogP contribution < -0.4 is 5.32 Å². The summed E-state index contributed by atoms with van der Waals surface area (Å²) in [6.45, 7) is 5.72. The van der Waals surface area contributed by atoms with E-state index in [0.29, 0.717) is 6.10 Å². The average Bonchev–Trinajstić information content (AvgIpc) is 2.71. The second-order valence-corrected chi connectivity index (χ2v) is 4.44. The van der Waals surface area contributed by atoms with E-state index in [2.05, 4.69) is 12.2 Å². The maximum Gasteiger partial charge on any atom is 0.0575 e. The van der Waals surface area contributed by atoms with Crippen molar-refractivity contribution in [1.29, 1.82) is 0 Å². The smallest absolute Gasteiger partial charge is 0.0575 e. The van der Waals surface area contributed by atoms with E-state index in [1.807, 2.05) is 0 Å². The summed E-state index contributed by atoms with van der Waals surface area (Å²) in [5.74, 6) is 1.88. The van der Waals surface area contributed by atoms with Gasteiger partial charge in [-0.15, -0.1) is 0 Å². The minimum atomic E-state index is 0.555. The Hall–Kier alpha value is -0.0800. The average molecular weight is 183 g/mol. The molecule has 2 aliphatic heterocycles. The zero-order valence-corrected chi connectivity index (χ0v) is 8.59. The summed E-state index contributed by atoms with van der Waals surface area (Å²) in [5.41, 5.74) is 0.